The fourth-order valence-electron chi connectivity index (χ4n) is 2.83. The van der Waals surface area contributed by atoms with E-state index >= 15 is 0 Å². The van der Waals surface area contributed by atoms with Crippen LogP contribution in [0.3, 0.4) is 0 Å². The number of halogens is 2. The molecule has 136 valence electrons. The maximum atomic E-state index is 12.6. The molecule has 0 unspecified atom stereocenters. The predicted octanol–water partition coefficient (Wildman–Crippen LogP) is 4.38. The number of anilines is 1. The lowest BCUT2D eigenvalue weighted by Gasteiger charge is -2.16. The van der Waals surface area contributed by atoms with Crippen LogP contribution in [0.15, 0.2) is 42.5 Å². The first-order valence-electron chi connectivity index (χ1n) is 8.51. The smallest absolute Gasteiger partial charge is 0.240 e. The summed E-state index contributed by atoms with van der Waals surface area (Å²) >= 11 is 11.8. The summed E-state index contributed by atoms with van der Waals surface area (Å²) in [4.78, 5) is 25.2. The molecular formula is C20H20Cl2N2O2. The molecule has 1 fully saturated rings. The molecule has 0 bridgehead atoms. The summed E-state index contributed by atoms with van der Waals surface area (Å²) in [7, 11) is 0. The van der Waals surface area contributed by atoms with Gasteiger partial charge in [0.1, 0.15) is 5.41 Å². The van der Waals surface area contributed by atoms with Crippen LogP contribution in [0.1, 0.15) is 24.0 Å². The van der Waals surface area contributed by atoms with Crippen LogP contribution in [-0.2, 0) is 16.0 Å². The third-order valence-corrected chi connectivity index (χ3v) is 5.16. The number of aryl methyl sites for hydroxylation is 1. The van der Waals surface area contributed by atoms with E-state index in [0.717, 1.165) is 11.1 Å². The van der Waals surface area contributed by atoms with Crippen molar-refractivity contribution in [2.24, 2.45) is 5.41 Å². The Bertz CT molecular complexity index is 830. The van der Waals surface area contributed by atoms with Gasteiger partial charge in [0, 0.05) is 22.3 Å². The third-order valence-electron chi connectivity index (χ3n) is 4.67. The number of rotatable bonds is 6. The van der Waals surface area contributed by atoms with E-state index in [0.29, 0.717) is 41.5 Å². The van der Waals surface area contributed by atoms with Gasteiger partial charge in [0.05, 0.1) is 0 Å². The number of amides is 2. The van der Waals surface area contributed by atoms with E-state index in [1.165, 1.54) is 0 Å². The fourth-order valence-corrected chi connectivity index (χ4v) is 3.18. The fraction of sp³-hybridized carbons (Fsp3) is 0.300. The quantitative estimate of drug-likeness (QED) is 0.718. The average molecular weight is 391 g/mol. The molecule has 3 rings (SSSR count). The molecule has 0 saturated heterocycles. The average Bonchev–Trinajstić information content (AvgIpc) is 3.41. The van der Waals surface area contributed by atoms with Gasteiger partial charge in [-0.15, -0.1) is 0 Å². The number of hydrogen-bond donors (Lipinski definition) is 2. The molecule has 1 aliphatic rings. The van der Waals surface area contributed by atoms with Crippen LogP contribution in [0.25, 0.3) is 0 Å². The Morgan fingerprint density at radius 3 is 2.27 bits per heavy atom. The minimum atomic E-state index is -0.952. The number of carbonyl (C=O) groups is 2. The molecular weight excluding hydrogens is 371 g/mol. The molecule has 4 nitrogen and oxygen atoms in total. The number of nitrogens with one attached hydrogen (secondary N) is 2. The van der Waals surface area contributed by atoms with E-state index in [1.54, 1.807) is 18.2 Å². The molecule has 6 heteroatoms. The highest BCUT2D eigenvalue weighted by atomic mass is 35.5. The van der Waals surface area contributed by atoms with Gasteiger partial charge in [-0.2, -0.15) is 0 Å². The van der Waals surface area contributed by atoms with Crippen LogP contribution in [0.2, 0.25) is 10.0 Å². The molecule has 0 aromatic heterocycles. The molecule has 2 amide bonds. The SMILES string of the molecule is Cc1cc(Cl)ccc1NC(=O)C1(C(=O)NCCc2ccc(Cl)cc2)CC1. The maximum Gasteiger partial charge on any atom is 0.240 e. The van der Waals surface area contributed by atoms with Gasteiger partial charge in [0.15, 0.2) is 0 Å². The van der Waals surface area contributed by atoms with Crippen molar-refractivity contribution in [3.8, 4) is 0 Å². The lowest BCUT2D eigenvalue weighted by molar-refractivity contribution is -0.134. The van der Waals surface area contributed by atoms with E-state index in [2.05, 4.69) is 10.6 Å². The highest BCUT2D eigenvalue weighted by Gasteiger charge is 2.56. The van der Waals surface area contributed by atoms with Gasteiger partial charge in [0.2, 0.25) is 11.8 Å². The Balaban J connectivity index is 1.56. The zero-order valence-corrected chi connectivity index (χ0v) is 16.0. The lowest BCUT2D eigenvalue weighted by atomic mass is 10.0. The molecule has 1 aliphatic carbocycles. The van der Waals surface area contributed by atoms with Gasteiger partial charge in [-0.05, 0) is 67.6 Å². The largest absolute Gasteiger partial charge is 0.355 e. The van der Waals surface area contributed by atoms with Gasteiger partial charge < -0.3 is 10.6 Å². The van der Waals surface area contributed by atoms with Gasteiger partial charge in [-0.3, -0.25) is 9.59 Å². The summed E-state index contributed by atoms with van der Waals surface area (Å²) in [5.41, 5.74) is 1.68. The Kier molecular flexibility index (Phi) is 5.54. The monoisotopic (exact) mass is 390 g/mol. The second kappa shape index (κ2) is 7.68. The summed E-state index contributed by atoms with van der Waals surface area (Å²) in [5.74, 6) is -0.470. The van der Waals surface area contributed by atoms with E-state index < -0.39 is 5.41 Å². The second-order valence-electron chi connectivity index (χ2n) is 6.63. The van der Waals surface area contributed by atoms with Crippen molar-refractivity contribution in [1.29, 1.82) is 0 Å². The van der Waals surface area contributed by atoms with Crippen LogP contribution in [0, 0.1) is 12.3 Å². The van der Waals surface area contributed by atoms with Crippen molar-refractivity contribution in [3.63, 3.8) is 0 Å². The summed E-state index contributed by atoms with van der Waals surface area (Å²) in [6.07, 6.45) is 1.83. The first kappa shape index (κ1) is 18.7. The summed E-state index contributed by atoms with van der Waals surface area (Å²) in [6, 6.07) is 12.8. The van der Waals surface area contributed by atoms with Crippen molar-refractivity contribution >= 4 is 40.7 Å². The van der Waals surface area contributed by atoms with Crippen LogP contribution in [0.4, 0.5) is 5.69 Å². The normalized spacial score (nSPS) is 14.6. The van der Waals surface area contributed by atoms with Crippen molar-refractivity contribution < 1.29 is 9.59 Å². The standard InChI is InChI=1S/C20H20Cl2N2O2/c1-13-12-16(22)6-7-17(13)24-19(26)20(9-10-20)18(25)23-11-8-14-2-4-15(21)5-3-14/h2-7,12H,8-11H2,1H3,(H,23,25)(H,24,26). The zero-order chi connectivity index (χ0) is 18.7. The van der Waals surface area contributed by atoms with Crippen LogP contribution < -0.4 is 10.6 Å². The minimum absolute atomic E-state index is 0.212. The summed E-state index contributed by atoms with van der Waals surface area (Å²) < 4.78 is 0. The number of carbonyl (C=O) groups excluding carboxylic acids is 2. The van der Waals surface area contributed by atoms with Crippen molar-refractivity contribution in [3.05, 3.63) is 63.6 Å². The Morgan fingerprint density at radius 2 is 1.65 bits per heavy atom. The van der Waals surface area contributed by atoms with Crippen molar-refractivity contribution in [2.75, 3.05) is 11.9 Å². The van der Waals surface area contributed by atoms with E-state index in [1.807, 2.05) is 31.2 Å². The van der Waals surface area contributed by atoms with Gasteiger partial charge in [-0.25, -0.2) is 0 Å². The molecule has 0 spiro atoms. The van der Waals surface area contributed by atoms with Crippen LogP contribution >= 0.6 is 23.2 Å². The highest BCUT2D eigenvalue weighted by molar-refractivity contribution is 6.31. The zero-order valence-electron chi connectivity index (χ0n) is 14.4. The van der Waals surface area contributed by atoms with Crippen LogP contribution in [-0.4, -0.2) is 18.4 Å². The molecule has 26 heavy (non-hydrogen) atoms. The van der Waals surface area contributed by atoms with Crippen molar-refractivity contribution in [1.82, 2.24) is 5.32 Å². The summed E-state index contributed by atoms with van der Waals surface area (Å²) in [5, 5.41) is 7.04. The highest BCUT2D eigenvalue weighted by Crippen LogP contribution is 2.47. The summed E-state index contributed by atoms with van der Waals surface area (Å²) in [6.45, 7) is 2.35. The lowest BCUT2D eigenvalue weighted by Crippen LogP contribution is -2.40. The second-order valence-corrected chi connectivity index (χ2v) is 7.50. The first-order valence-corrected chi connectivity index (χ1v) is 9.27. The Labute approximate surface area is 162 Å². The van der Waals surface area contributed by atoms with Gasteiger partial charge in [0.25, 0.3) is 0 Å². The van der Waals surface area contributed by atoms with Crippen molar-refractivity contribution in [2.45, 2.75) is 26.2 Å². The maximum absolute atomic E-state index is 12.6. The first-order chi connectivity index (χ1) is 12.4. The molecule has 2 N–H and O–H groups in total. The molecule has 0 heterocycles. The molecule has 1 saturated carbocycles. The van der Waals surface area contributed by atoms with E-state index in [9.17, 15) is 9.59 Å². The van der Waals surface area contributed by atoms with E-state index in [-0.39, 0.29) is 11.8 Å². The topological polar surface area (TPSA) is 58.2 Å². The molecule has 2 aromatic rings. The Hall–Kier alpha value is -2.04. The molecule has 0 radical (unpaired) electrons. The number of benzene rings is 2. The van der Waals surface area contributed by atoms with E-state index in [4.69, 9.17) is 23.2 Å². The third kappa shape index (κ3) is 4.19. The minimum Gasteiger partial charge on any atom is -0.355 e. The predicted molar refractivity (Wildman–Crippen MR) is 105 cm³/mol. The van der Waals surface area contributed by atoms with Gasteiger partial charge >= 0.3 is 0 Å². The Morgan fingerprint density at radius 1 is 1.00 bits per heavy atom. The molecule has 0 aliphatic heterocycles. The van der Waals surface area contributed by atoms with Gasteiger partial charge in [-0.1, -0.05) is 35.3 Å². The number of hydrogen-bond acceptors (Lipinski definition) is 2. The molecule has 0 atom stereocenters. The molecule has 2 aromatic carbocycles. The van der Waals surface area contributed by atoms with Crippen LogP contribution in [0.5, 0.6) is 0 Å².